The number of benzene rings is 2. The van der Waals surface area contributed by atoms with Gasteiger partial charge in [0.1, 0.15) is 0 Å². The summed E-state index contributed by atoms with van der Waals surface area (Å²) >= 11 is 0. The molecule has 17 heteroatoms. The van der Waals surface area contributed by atoms with Gasteiger partial charge in [-0.05, 0) is 50.1 Å². The molecule has 2 aromatic carbocycles. The van der Waals surface area contributed by atoms with Crippen molar-refractivity contribution in [2.45, 2.75) is 43.8 Å². The summed E-state index contributed by atoms with van der Waals surface area (Å²) < 4.78 is 73.8. The molecule has 224 valence electrons. The molecule has 2 heterocycles. The zero-order valence-electron chi connectivity index (χ0n) is 22.2. The summed E-state index contributed by atoms with van der Waals surface area (Å²) in [5, 5.41) is 20.0. The fourth-order valence-corrected chi connectivity index (χ4v) is 5.14. The molecule has 1 saturated heterocycles. The van der Waals surface area contributed by atoms with Gasteiger partial charge in [0, 0.05) is 12.5 Å². The van der Waals surface area contributed by atoms with Crippen LogP contribution in [0.5, 0.6) is 0 Å². The largest absolute Gasteiger partial charge is 0.569 e. The van der Waals surface area contributed by atoms with E-state index >= 15 is 0 Å². The molecule has 0 bridgehead atoms. The SMILES string of the molecule is CC(=O)OCO/N=[N+](\[O-])N1CCC[C@H]1C(=O)NS(=O)(=O)c1ccc(-n2nc(C(F)(F)F)cc2-c2ccc(C)cc2)cc1. The van der Waals surface area contributed by atoms with E-state index in [1.807, 2.05) is 11.6 Å². The molecule has 0 aliphatic carbocycles. The number of nitrogens with one attached hydrogen (secondary N) is 1. The first-order chi connectivity index (χ1) is 19.8. The predicted octanol–water partition coefficient (Wildman–Crippen LogP) is 3.47. The maximum Gasteiger partial charge on any atom is 0.435 e. The standard InChI is InChI=1S/C25H25F3N6O7S/c1-16-5-7-18(8-6-16)22-14-23(25(26,27)28)29-33(22)19-9-11-20(12-10-19)42(38,39)30-24(36)21-4-3-13-32(21)34(37)31-41-15-40-17(2)35/h5-12,14,21H,3-4,13,15H2,1-2H3,(H,30,36)/b34-31-/t21-/m0/s1. The van der Waals surface area contributed by atoms with Crippen LogP contribution in [-0.4, -0.2) is 59.4 Å². The van der Waals surface area contributed by atoms with E-state index < -0.39 is 46.6 Å². The highest BCUT2D eigenvalue weighted by atomic mass is 32.2. The first-order valence-electron chi connectivity index (χ1n) is 12.4. The summed E-state index contributed by atoms with van der Waals surface area (Å²) in [6, 6.07) is 11.2. The second-order valence-electron chi connectivity index (χ2n) is 9.19. The third-order valence-electron chi connectivity index (χ3n) is 6.16. The number of halogens is 3. The van der Waals surface area contributed by atoms with Gasteiger partial charge in [-0.25, -0.2) is 17.8 Å². The molecule has 0 spiro atoms. The number of carbonyl (C=O) groups excluding carboxylic acids is 2. The molecule has 13 nitrogen and oxygen atoms in total. The molecular weight excluding hydrogens is 585 g/mol. The van der Waals surface area contributed by atoms with Crippen LogP contribution in [0.2, 0.25) is 0 Å². The van der Waals surface area contributed by atoms with Crippen LogP contribution < -0.4 is 4.72 Å². The molecule has 0 radical (unpaired) electrons. The van der Waals surface area contributed by atoms with Crippen LogP contribution in [0, 0.1) is 12.1 Å². The summed E-state index contributed by atoms with van der Waals surface area (Å²) in [5.41, 5.74) is 0.523. The predicted molar refractivity (Wildman–Crippen MR) is 138 cm³/mol. The molecule has 1 aromatic heterocycles. The Hall–Kier alpha value is -4.67. The molecule has 1 fully saturated rings. The summed E-state index contributed by atoms with van der Waals surface area (Å²) in [4.78, 5) is 27.7. The van der Waals surface area contributed by atoms with Gasteiger partial charge in [0.25, 0.3) is 22.7 Å². The zero-order valence-corrected chi connectivity index (χ0v) is 23.1. The smallest absolute Gasteiger partial charge is 0.435 e. The Bertz CT molecular complexity index is 1590. The van der Waals surface area contributed by atoms with E-state index in [1.54, 1.807) is 24.3 Å². The number of amides is 1. The fraction of sp³-hybridized carbons (Fsp3) is 0.320. The van der Waals surface area contributed by atoms with Crippen molar-refractivity contribution in [3.05, 3.63) is 71.1 Å². The van der Waals surface area contributed by atoms with Crippen LogP contribution in [0.4, 0.5) is 13.2 Å². The highest BCUT2D eigenvalue weighted by molar-refractivity contribution is 7.90. The van der Waals surface area contributed by atoms with E-state index in [0.29, 0.717) is 12.0 Å². The average Bonchev–Trinajstić information content (AvgIpc) is 3.60. The number of alkyl halides is 3. The van der Waals surface area contributed by atoms with Gasteiger partial charge in [-0.2, -0.15) is 18.3 Å². The van der Waals surface area contributed by atoms with Crippen LogP contribution in [0.15, 0.2) is 64.8 Å². The number of hydrazine groups is 1. The van der Waals surface area contributed by atoms with Crippen molar-refractivity contribution in [1.82, 2.24) is 19.5 Å². The number of rotatable bonds is 9. The summed E-state index contributed by atoms with van der Waals surface area (Å²) in [7, 11) is -4.44. The first kappa shape index (κ1) is 30.3. The van der Waals surface area contributed by atoms with Gasteiger partial charge in [0.2, 0.25) is 5.28 Å². The lowest BCUT2D eigenvalue weighted by Gasteiger charge is -2.19. The van der Waals surface area contributed by atoms with E-state index in [-0.39, 0.29) is 34.2 Å². The van der Waals surface area contributed by atoms with Gasteiger partial charge in [0.05, 0.1) is 27.8 Å². The Kier molecular flexibility index (Phi) is 8.70. The maximum atomic E-state index is 13.5. The van der Waals surface area contributed by atoms with Crippen molar-refractivity contribution >= 4 is 21.9 Å². The Labute approximate surface area is 237 Å². The second-order valence-corrected chi connectivity index (χ2v) is 10.9. The minimum atomic E-state index is -4.71. The molecule has 1 N–H and O–H groups in total. The molecule has 4 rings (SSSR count). The number of aryl methyl sites for hydroxylation is 1. The fourth-order valence-electron chi connectivity index (χ4n) is 4.12. The summed E-state index contributed by atoms with van der Waals surface area (Å²) in [6.07, 6.45) is -4.20. The molecule has 0 saturated carbocycles. The van der Waals surface area contributed by atoms with Crippen LogP contribution in [0.3, 0.4) is 0 Å². The van der Waals surface area contributed by atoms with Crippen LogP contribution in [0.1, 0.15) is 31.0 Å². The van der Waals surface area contributed by atoms with Crippen molar-refractivity contribution in [2.24, 2.45) is 5.28 Å². The Morgan fingerprint density at radius 2 is 1.83 bits per heavy atom. The highest BCUT2D eigenvalue weighted by Gasteiger charge is 2.39. The lowest BCUT2D eigenvalue weighted by atomic mass is 10.1. The van der Waals surface area contributed by atoms with Gasteiger partial charge in [-0.3, -0.25) is 9.59 Å². The monoisotopic (exact) mass is 610 g/mol. The van der Waals surface area contributed by atoms with Crippen molar-refractivity contribution in [3.63, 3.8) is 0 Å². The molecule has 1 amide bonds. The van der Waals surface area contributed by atoms with Crippen LogP contribution in [0.25, 0.3) is 16.9 Å². The lowest BCUT2D eigenvalue weighted by Crippen LogP contribution is -2.47. The van der Waals surface area contributed by atoms with Crippen LogP contribution >= 0.6 is 0 Å². The number of ether oxygens (including phenoxy) is 1. The average molecular weight is 611 g/mol. The number of aromatic nitrogens is 2. The van der Waals surface area contributed by atoms with Gasteiger partial charge in [-0.1, -0.05) is 29.8 Å². The molecule has 1 atom stereocenters. The Morgan fingerprint density at radius 3 is 2.45 bits per heavy atom. The van der Waals surface area contributed by atoms with E-state index in [0.717, 1.165) is 40.4 Å². The molecule has 1 aliphatic heterocycles. The molecule has 1 aliphatic rings. The second kappa shape index (κ2) is 12.1. The van der Waals surface area contributed by atoms with Crippen molar-refractivity contribution in [1.29, 1.82) is 0 Å². The number of hydrogen-bond acceptors (Lipinski definition) is 9. The lowest BCUT2D eigenvalue weighted by molar-refractivity contribution is -0.712. The third-order valence-corrected chi connectivity index (χ3v) is 7.53. The number of nitrogens with zero attached hydrogens (tertiary/aromatic N) is 5. The van der Waals surface area contributed by atoms with E-state index in [4.69, 9.17) is 0 Å². The summed E-state index contributed by atoms with van der Waals surface area (Å²) in [5.74, 6) is -1.67. The van der Waals surface area contributed by atoms with E-state index in [9.17, 15) is 36.4 Å². The summed E-state index contributed by atoms with van der Waals surface area (Å²) in [6.45, 7) is 2.39. The zero-order chi connectivity index (χ0) is 30.7. The molecular formula is C25H25F3N6O7S. The Morgan fingerprint density at radius 1 is 1.17 bits per heavy atom. The number of hydrogen-bond donors (Lipinski definition) is 1. The van der Waals surface area contributed by atoms with E-state index in [1.165, 1.54) is 12.1 Å². The normalized spacial score (nSPS) is 15.9. The third kappa shape index (κ3) is 6.96. The van der Waals surface area contributed by atoms with Gasteiger partial charge in [0.15, 0.2) is 11.7 Å². The number of esters is 1. The van der Waals surface area contributed by atoms with Crippen LogP contribution in [-0.2, 0) is 35.4 Å². The van der Waals surface area contributed by atoms with Gasteiger partial charge >= 0.3 is 12.1 Å². The number of carbonyl (C=O) groups is 2. The number of sulfonamides is 1. The van der Waals surface area contributed by atoms with Gasteiger partial charge in [-0.15, -0.1) is 5.01 Å². The van der Waals surface area contributed by atoms with Crippen molar-refractivity contribution < 1.29 is 45.7 Å². The van der Waals surface area contributed by atoms with Crippen molar-refractivity contribution in [2.75, 3.05) is 13.3 Å². The minimum Gasteiger partial charge on any atom is -0.569 e. The quantitative estimate of drug-likeness (QED) is 0.0956. The Balaban J connectivity index is 1.52. The van der Waals surface area contributed by atoms with Gasteiger partial charge < -0.3 is 14.8 Å². The topological polar surface area (TPSA) is 158 Å². The van der Waals surface area contributed by atoms with E-state index in [2.05, 4.69) is 20.0 Å². The maximum absolute atomic E-state index is 13.5. The van der Waals surface area contributed by atoms with Crippen molar-refractivity contribution in [3.8, 4) is 16.9 Å². The first-order valence-corrected chi connectivity index (χ1v) is 13.9. The molecule has 42 heavy (non-hydrogen) atoms. The minimum absolute atomic E-state index is 0.0346. The molecule has 0 unspecified atom stereocenters. The molecule has 3 aromatic rings. The highest BCUT2D eigenvalue weighted by Crippen LogP contribution is 2.33.